The summed E-state index contributed by atoms with van der Waals surface area (Å²) in [4.78, 5) is 2.01. The summed E-state index contributed by atoms with van der Waals surface area (Å²) >= 11 is 4.91. The van der Waals surface area contributed by atoms with Gasteiger partial charge in [-0.3, -0.25) is 0 Å². The smallest absolute Gasteiger partial charge is 0.335 e. The Morgan fingerprint density at radius 3 is 2.00 bits per heavy atom. The van der Waals surface area contributed by atoms with E-state index in [1.165, 1.54) is 0 Å². The summed E-state index contributed by atoms with van der Waals surface area (Å²) in [6.45, 7) is 21.5. The van der Waals surface area contributed by atoms with E-state index in [1.54, 1.807) is 0 Å². The maximum absolute atomic E-state index is 11.8. The van der Waals surface area contributed by atoms with Crippen molar-refractivity contribution in [1.29, 1.82) is 0 Å². The van der Waals surface area contributed by atoms with Crippen LogP contribution < -0.4 is 0 Å². The summed E-state index contributed by atoms with van der Waals surface area (Å²) in [5, 5.41) is 0.444. The minimum absolute atomic E-state index is 0.186. The monoisotopic (exact) mass is 551 g/mol. The summed E-state index contributed by atoms with van der Waals surface area (Å²) in [5.41, 5.74) is 1.06. The van der Waals surface area contributed by atoms with Crippen molar-refractivity contribution in [3.8, 4) is 0 Å². The van der Waals surface area contributed by atoms with Crippen LogP contribution in [0.4, 0.5) is 0 Å². The quantitative estimate of drug-likeness (QED) is 0.282. The molecule has 4 atom stereocenters. The first-order valence-electron chi connectivity index (χ1n) is 12.8. The van der Waals surface area contributed by atoms with Crippen LogP contribution in [0.15, 0.2) is 0 Å². The molecule has 11 heteroatoms. The Bertz CT molecular complexity index is 689. The number of fused-ring (bicyclic) bond motifs is 1. The van der Waals surface area contributed by atoms with Crippen molar-refractivity contribution in [3.05, 3.63) is 0 Å². The molecule has 198 valence electrons. The van der Waals surface area contributed by atoms with Gasteiger partial charge in [0, 0.05) is 0 Å². The van der Waals surface area contributed by atoms with E-state index in [4.69, 9.17) is 34.7 Å². The van der Waals surface area contributed by atoms with E-state index in [2.05, 4.69) is 55.4 Å². The van der Waals surface area contributed by atoms with Crippen LogP contribution in [0.2, 0.25) is 22.2 Å². The van der Waals surface area contributed by atoms with Crippen LogP contribution >= 0.6 is 12.2 Å². The molecule has 0 amide bonds. The molecule has 3 saturated heterocycles. The molecule has 7 nitrogen and oxygen atoms in total. The van der Waals surface area contributed by atoms with Crippen LogP contribution in [0, 0.1) is 0 Å². The number of hydrogen-bond donors (Lipinski definition) is 0. The zero-order valence-electron chi connectivity index (χ0n) is 22.4. The second-order valence-corrected chi connectivity index (χ2v) is 22.0. The summed E-state index contributed by atoms with van der Waals surface area (Å²) < 4.78 is 45.8. The fourth-order valence-corrected chi connectivity index (χ4v) is 18.1. The van der Waals surface area contributed by atoms with Gasteiger partial charge in [0.2, 0.25) is 0 Å². The predicted octanol–water partition coefficient (Wildman–Crippen LogP) is 4.46. The van der Waals surface area contributed by atoms with Gasteiger partial charge in [-0.2, -0.15) is 0 Å². The van der Waals surface area contributed by atoms with Gasteiger partial charge >= 0.3 is 17.1 Å². The number of rotatable bonds is 5. The molecule has 3 fully saturated rings. The lowest BCUT2D eigenvalue weighted by atomic mass is 10.1. The van der Waals surface area contributed by atoms with E-state index in [1.807, 2.05) is 11.8 Å². The van der Waals surface area contributed by atoms with Crippen molar-refractivity contribution < 1.29 is 27.0 Å². The highest BCUT2D eigenvalue weighted by Gasteiger charge is 2.61. The van der Waals surface area contributed by atoms with E-state index in [9.17, 15) is 4.55 Å². The highest BCUT2D eigenvalue weighted by Crippen LogP contribution is 2.47. The van der Waals surface area contributed by atoms with Gasteiger partial charge in [-0.25, -0.2) is 0 Å². The molecule has 3 aliphatic heterocycles. The molecule has 0 aromatic rings. The zero-order valence-corrected chi connectivity index (χ0v) is 26.0. The molecule has 0 N–H and O–H groups in total. The minimum Gasteiger partial charge on any atom is -0.616 e. The number of nitrogens with zero attached hydrogens (tertiary/aromatic N) is 1. The van der Waals surface area contributed by atoms with E-state index in [0.717, 1.165) is 0 Å². The molecular weight excluding hydrogens is 507 g/mol. The highest BCUT2D eigenvalue weighted by atomic mass is 32.2. The maximum Gasteiger partial charge on any atom is 0.335 e. The fourth-order valence-electron chi connectivity index (χ4n) is 5.50. The lowest BCUT2D eigenvalue weighted by Crippen LogP contribution is -2.66. The average Bonchev–Trinajstić information content (AvgIpc) is 3.01. The third-order valence-electron chi connectivity index (χ3n) is 7.55. The SMILES string of the molecule is CC(C)[Si]1(C(C)C)OC[C@H]2O[C@@H](C)[C@@H](OC(=S)N3CC[S+]([O-])CC3)C2O[Si](C(C)C)(C(C)C)O1. The maximum atomic E-state index is 11.8. The lowest BCUT2D eigenvalue weighted by Gasteiger charge is -2.51. The van der Waals surface area contributed by atoms with Crippen molar-refractivity contribution in [2.24, 2.45) is 0 Å². The Balaban J connectivity index is 1.91. The summed E-state index contributed by atoms with van der Waals surface area (Å²) in [7, 11) is -5.36. The van der Waals surface area contributed by atoms with Gasteiger partial charge in [-0.05, 0) is 41.3 Å². The average molecular weight is 552 g/mol. The fraction of sp³-hybridized carbons (Fsp3) is 0.957. The first-order valence-corrected chi connectivity index (χ1v) is 18.7. The van der Waals surface area contributed by atoms with Gasteiger partial charge in [0.05, 0.1) is 25.8 Å². The molecule has 0 aromatic heterocycles. The third-order valence-corrected chi connectivity index (χ3v) is 19.4. The van der Waals surface area contributed by atoms with Crippen LogP contribution in [0.3, 0.4) is 0 Å². The third kappa shape index (κ3) is 5.57. The van der Waals surface area contributed by atoms with Crippen molar-refractivity contribution in [1.82, 2.24) is 4.90 Å². The topological polar surface area (TPSA) is 72.5 Å². The van der Waals surface area contributed by atoms with Crippen LogP contribution in [0.25, 0.3) is 0 Å². The molecule has 3 rings (SSSR count). The molecular formula is C23H45NO6S2Si2. The zero-order chi connectivity index (χ0) is 25.4. The van der Waals surface area contributed by atoms with Crippen LogP contribution in [0.5, 0.6) is 0 Å². The Kier molecular flexibility index (Phi) is 9.62. The van der Waals surface area contributed by atoms with Gasteiger partial charge in [-0.15, -0.1) is 0 Å². The second kappa shape index (κ2) is 11.3. The molecule has 1 unspecified atom stereocenters. The molecule has 0 radical (unpaired) electrons. The second-order valence-electron chi connectivity index (χ2n) is 11.1. The van der Waals surface area contributed by atoms with E-state index >= 15 is 0 Å². The van der Waals surface area contributed by atoms with Crippen molar-refractivity contribution in [3.63, 3.8) is 0 Å². The molecule has 3 aliphatic rings. The summed E-state index contributed by atoms with van der Waals surface area (Å²) in [6.07, 6.45) is -1.06. The van der Waals surface area contributed by atoms with Gasteiger partial charge in [0.25, 0.3) is 5.17 Å². The first kappa shape index (κ1) is 28.8. The highest BCUT2D eigenvalue weighted by molar-refractivity contribution is 7.91. The summed E-state index contributed by atoms with van der Waals surface area (Å²) in [5.74, 6) is 1.25. The van der Waals surface area contributed by atoms with Gasteiger partial charge < -0.3 is 31.9 Å². The first-order chi connectivity index (χ1) is 15.8. The molecule has 0 aromatic carbocycles. The number of hydrogen-bond acceptors (Lipinski definition) is 7. The van der Waals surface area contributed by atoms with Crippen LogP contribution in [0.1, 0.15) is 62.3 Å². The Morgan fingerprint density at radius 2 is 1.50 bits per heavy atom. The minimum atomic E-state index is -2.76. The normalized spacial score (nSPS) is 32.2. The molecule has 34 heavy (non-hydrogen) atoms. The van der Waals surface area contributed by atoms with Gasteiger partial charge in [-0.1, -0.05) is 66.6 Å². The van der Waals surface area contributed by atoms with E-state index < -0.39 is 28.3 Å². The van der Waals surface area contributed by atoms with Crippen molar-refractivity contribution in [2.45, 2.75) is 109 Å². The molecule has 0 saturated carbocycles. The van der Waals surface area contributed by atoms with Crippen LogP contribution in [-0.2, 0) is 33.6 Å². The van der Waals surface area contributed by atoms with E-state index in [-0.39, 0.29) is 35.5 Å². The van der Waals surface area contributed by atoms with E-state index in [0.29, 0.717) is 47.5 Å². The Hall–Kier alpha value is 0.274. The van der Waals surface area contributed by atoms with Gasteiger partial charge in [0.15, 0.2) is 6.10 Å². The van der Waals surface area contributed by atoms with Crippen molar-refractivity contribution >= 4 is 45.7 Å². The lowest BCUT2D eigenvalue weighted by molar-refractivity contribution is -0.0361. The molecule has 0 bridgehead atoms. The predicted molar refractivity (Wildman–Crippen MR) is 145 cm³/mol. The molecule has 0 aliphatic carbocycles. The summed E-state index contributed by atoms with van der Waals surface area (Å²) in [6, 6.07) is 0. The Labute approximate surface area is 217 Å². The van der Waals surface area contributed by atoms with Crippen molar-refractivity contribution in [2.75, 3.05) is 31.2 Å². The van der Waals surface area contributed by atoms with Crippen LogP contribution in [-0.4, -0.2) is 87.4 Å². The standard InChI is InChI=1S/C23H45NO6S2Si2/c1-15(2)33(16(3)4)26-14-20-22(29-34(30-33,17(5)6)18(7)8)21(19(9)27-20)28-23(31)24-10-12-32(25)13-11-24/h15-22H,10-14H2,1-9H3/t19-,20+,21+,22?/m0/s1. The Morgan fingerprint density at radius 1 is 0.971 bits per heavy atom. The largest absolute Gasteiger partial charge is 0.616 e. The van der Waals surface area contributed by atoms with Gasteiger partial charge in [0.1, 0.15) is 23.7 Å². The number of thiocarbonyl (C=S) groups is 1. The molecule has 3 heterocycles. The molecule has 0 spiro atoms. The number of ether oxygens (including phenoxy) is 2.